The van der Waals surface area contributed by atoms with E-state index in [2.05, 4.69) is 17.2 Å². The summed E-state index contributed by atoms with van der Waals surface area (Å²) in [6.45, 7) is -1.21. The maximum atomic E-state index is 8.34. The Hall–Kier alpha value is 0.618. The molecule has 0 radical (unpaired) electrons. The van der Waals surface area contributed by atoms with E-state index in [0.29, 0.717) is 0 Å². The van der Waals surface area contributed by atoms with Gasteiger partial charge in [-0.15, -0.1) is 0 Å². The maximum absolute atomic E-state index is 8.34. The van der Waals surface area contributed by atoms with Crippen molar-refractivity contribution in [1.82, 2.24) is 3.06 Å². The summed E-state index contributed by atoms with van der Waals surface area (Å²) < 4.78 is 2.13. The van der Waals surface area contributed by atoms with E-state index in [9.17, 15) is 0 Å². The predicted octanol–water partition coefficient (Wildman–Crippen LogP) is -3.24. The number of nitrogens with two attached hydrogens (primary N) is 1. The van der Waals surface area contributed by atoms with Crippen LogP contribution in [0.25, 0.3) is 0 Å². The molecular formula is C6H19N2O3Sb. The largest absolute Gasteiger partial charge is 0.394 e. The van der Waals surface area contributed by atoms with Crippen molar-refractivity contribution >= 4 is 23.3 Å². The first-order valence-corrected chi connectivity index (χ1v) is 4.92. The van der Waals surface area contributed by atoms with Gasteiger partial charge in [-0.1, -0.05) is 0 Å². The van der Waals surface area contributed by atoms with E-state index in [1.54, 1.807) is 0 Å². The van der Waals surface area contributed by atoms with Crippen LogP contribution < -0.4 is 5.73 Å². The van der Waals surface area contributed by atoms with Crippen LogP contribution in [0.1, 0.15) is 0 Å². The number of hydrogen-bond donors (Lipinski definition) is 4. The molecule has 6 heteroatoms. The summed E-state index contributed by atoms with van der Waals surface area (Å²) in [4.78, 5) is 0. The fraction of sp³-hybridized carbons (Fsp3) is 1.00. The van der Waals surface area contributed by atoms with Crippen LogP contribution in [0, 0.1) is 0 Å². The molecule has 0 saturated heterocycles. The standard InChI is InChI=1S/C4H11NO3.C2H6N.Sb.2H/c5-4(1-6,2-7)3-8;1-3-2;;;/h6-8H,1-3,5H2;1-2H3;;;/q;-1;+1;;. The van der Waals surface area contributed by atoms with Gasteiger partial charge in [-0.25, -0.2) is 0 Å². The number of aliphatic hydroxyl groups is 3. The van der Waals surface area contributed by atoms with Gasteiger partial charge < -0.3 is 21.1 Å². The minimum absolute atomic E-state index is 0.403. The fourth-order valence-electron chi connectivity index (χ4n) is 0.150. The second-order valence-electron chi connectivity index (χ2n) is 2.80. The molecule has 5 N–H and O–H groups in total. The minimum atomic E-state index is -1.21. The first-order chi connectivity index (χ1) is 5.41. The summed E-state index contributed by atoms with van der Waals surface area (Å²) in [6.07, 6.45) is 0. The maximum Gasteiger partial charge on any atom is 0.0856 e. The van der Waals surface area contributed by atoms with Crippen LogP contribution >= 0.6 is 0 Å². The average molecular weight is 289 g/mol. The summed E-state index contributed by atoms with van der Waals surface area (Å²) in [7, 11) is 4.12. The monoisotopic (exact) mass is 288 g/mol. The molecule has 0 aromatic rings. The molecule has 0 spiro atoms. The number of hydrogen-bond acceptors (Lipinski definition) is 5. The average Bonchev–Trinajstić information content (AvgIpc) is 2.02. The zero-order chi connectivity index (χ0) is 10.2. The van der Waals surface area contributed by atoms with Gasteiger partial charge in [0.1, 0.15) is 0 Å². The van der Waals surface area contributed by atoms with Crippen molar-refractivity contribution in [3.05, 3.63) is 0 Å². The Bertz CT molecular complexity index is 87.8. The van der Waals surface area contributed by atoms with E-state index in [-0.39, 0.29) is 0 Å². The van der Waals surface area contributed by atoms with Gasteiger partial charge >= 0.3 is 40.5 Å². The molecule has 0 aliphatic heterocycles. The van der Waals surface area contributed by atoms with Gasteiger partial charge in [0.05, 0.1) is 25.4 Å². The summed E-state index contributed by atoms with van der Waals surface area (Å²) in [6, 6.07) is 0. The summed E-state index contributed by atoms with van der Waals surface area (Å²) in [5.74, 6) is 0. The van der Waals surface area contributed by atoms with Gasteiger partial charge in [0, 0.05) is 0 Å². The van der Waals surface area contributed by atoms with Gasteiger partial charge in [-0.2, -0.15) is 0 Å². The van der Waals surface area contributed by atoms with E-state index in [1.807, 2.05) is 0 Å². The Labute approximate surface area is 87.0 Å². The molecule has 0 heterocycles. The van der Waals surface area contributed by atoms with E-state index >= 15 is 0 Å². The SMILES string of the molecule is C[N](C)[SbH2].NC(CO)(CO)CO. The van der Waals surface area contributed by atoms with Gasteiger partial charge in [0.2, 0.25) is 0 Å². The van der Waals surface area contributed by atoms with Crippen molar-refractivity contribution in [1.29, 1.82) is 0 Å². The first kappa shape index (κ1) is 15.1. The van der Waals surface area contributed by atoms with E-state index in [1.165, 1.54) is 23.3 Å². The van der Waals surface area contributed by atoms with E-state index in [4.69, 9.17) is 21.1 Å². The molecule has 5 nitrogen and oxygen atoms in total. The number of nitrogens with zero attached hydrogens (tertiary/aromatic N) is 1. The van der Waals surface area contributed by atoms with Crippen molar-refractivity contribution in [2.24, 2.45) is 5.73 Å². The zero-order valence-electron chi connectivity index (χ0n) is 7.56. The minimum Gasteiger partial charge on any atom is -0.394 e. The second-order valence-corrected chi connectivity index (χ2v) is 5.75. The normalized spacial score (nSPS) is 11.0. The van der Waals surface area contributed by atoms with Gasteiger partial charge in [-0.3, -0.25) is 0 Å². The first-order valence-electron chi connectivity index (χ1n) is 3.45. The Balaban J connectivity index is 0. The predicted molar refractivity (Wildman–Crippen MR) is 50.4 cm³/mol. The molecular weight excluding hydrogens is 270 g/mol. The van der Waals surface area contributed by atoms with Crippen LogP contribution in [0.5, 0.6) is 0 Å². The fourth-order valence-corrected chi connectivity index (χ4v) is 0.150. The van der Waals surface area contributed by atoms with Crippen LogP contribution in [0.4, 0.5) is 0 Å². The van der Waals surface area contributed by atoms with Crippen molar-refractivity contribution in [3.63, 3.8) is 0 Å². The van der Waals surface area contributed by atoms with E-state index in [0.717, 1.165) is 0 Å². The van der Waals surface area contributed by atoms with Crippen LogP contribution in [-0.2, 0) is 0 Å². The molecule has 0 aliphatic carbocycles. The molecule has 0 bridgehead atoms. The van der Waals surface area contributed by atoms with Gasteiger partial charge in [0.15, 0.2) is 0 Å². The van der Waals surface area contributed by atoms with Crippen LogP contribution in [0.2, 0.25) is 0 Å². The molecule has 0 amide bonds. The van der Waals surface area contributed by atoms with Crippen molar-refractivity contribution in [3.8, 4) is 0 Å². The molecule has 76 valence electrons. The van der Waals surface area contributed by atoms with Crippen LogP contribution in [0.3, 0.4) is 0 Å². The third kappa shape index (κ3) is 10.6. The van der Waals surface area contributed by atoms with Gasteiger partial charge in [0.25, 0.3) is 0 Å². The molecule has 0 saturated carbocycles. The number of aliphatic hydroxyl groups excluding tert-OH is 3. The third-order valence-corrected chi connectivity index (χ3v) is 0.945. The molecule has 0 aromatic carbocycles. The third-order valence-electron chi connectivity index (χ3n) is 0.945. The molecule has 0 fully saturated rings. The molecule has 0 atom stereocenters. The Morgan fingerprint density at radius 3 is 1.33 bits per heavy atom. The second kappa shape index (κ2) is 8.23. The summed E-state index contributed by atoms with van der Waals surface area (Å²) in [5.41, 5.74) is 3.94. The Morgan fingerprint density at radius 2 is 1.33 bits per heavy atom. The van der Waals surface area contributed by atoms with Crippen molar-refractivity contribution < 1.29 is 15.3 Å². The summed E-state index contributed by atoms with van der Waals surface area (Å²) in [5, 5.41) is 25.0. The zero-order valence-corrected chi connectivity index (χ0v) is 10.9. The molecule has 0 aliphatic rings. The van der Waals surface area contributed by atoms with Gasteiger partial charge in [-0.05, 0) is 0 Å². The van der Waals surface area contributed by atoms with E-state index < -0.39 is 25.4 Å². The van der Waals surface area contributed by atoms with Crippen LogP contribution in [-0.4, -0.2) is 81.1 Å². The van der Waals surface area contributed by atoms with Crippen molar-refractivity contribution in [2.45, 2.75) is 5.54 Å². The molecule has 0 rings (SSSR count). The molecule has 0 unspecified atom stereocenters. The molecule has 0 aromatic heterocycles. The smallest absolute Gasteiger partial charge is 0.0856 e. The van der Waals surface area contributed by atoms with Crippen LogP contribution in [0.15, 0.2) is 0 Å². The Morgan fingerprint density at radius 1 is 1.17 bits per heavy atom. The Kier molecular flexibility index (Phi) is 10.4. The van der Waals surface area contributed by atoms with Crippen molar-refractivity contribution in [2.75, 3.05) is 33.9 Å². The number of rotatable bonds is 3. The quantitative estimate of drug-likeness (QED) is 0.410. The summed E-state index contributed by atoms with van der Waals surface area (Å²) >= 11 is 1.23. The molecule has 12 heavy (non-hydrogen) atoms. The topological polar surface area (TPSA) is 90.0 Å².